The normalized spacial score (nSPS) is 29.5. The topological polar surface area (TPSA) is 37.3 Å². The third-order valence-corrected chi connectivity index (χ3v) is 4.26. The van der Waals surface area contributed by atoms with Crippen LogP contribution in [0.25, 0.3) is 5.57 Å². The molecule has 5 heteroatoms. The van der Waals surface area contributed by atoms with Crippen molar-refractivity contribution in [3.05, 3.63) is 41.5 Å². The summed E-state index contributed by atoms with van der Waals surface area (Å²) in [6.45, 7) is 0. The summed E-state index contributed by atoms with van der Waals surface area (Å²) in [5.74, 6) is -0.398. The number of Topliss-reactive ketones (excluding diaryl/α,β-unsaturated/α-hetero) is 1. The Bertz CT molecular complexity index is 586. The maximum atomic E-state index is 12.5. The Hall–Kier alpha value is -1.62. The molecule has 2 aliphatic carbocycles. The van der Waals surface area contributed by atoms with Gasteiger partial charge in [0.05, 0.1) is 11.5 Å². The molecule has 0 saturated heterocycles. The van der Waals surface area contributed by atoms with E-state index in [4.69, 9.17) is 0 Å². The van der Waals surface area contributed by atoms with E-state index in [2.05, 4.69) is 0 Å². The van der Waals surface area contributed by atoms with E-state index in [1.165, 1.54) is 12.1 Å². The van der Waals surface area contributed by atoms with Gasteiger partial charge in [0.2, 0.25) is 0 Å². The first-order valence-corrected chi connectivity index (χ1v) is 6.46. The predicted octanol–water partition coefficient (Wildman–Crippen LogP) is 3.20. The van der Waals surface area contributed by atoms with Gasteiger partial charge in [0.25, 0.3) is 0 Å². The van der Waals surface area contributed by atoms with Crippen LogP contribution in [0, 0.1) is 5.92 Å². The molecule has 1 aromatic carbocycles. The van der Waals surface area contributed by atoms with Crippen LogP contribution in [-0.2, 0) is 11.0 Å². The van der Waals surface area contributed by atoms with Crippen molar-refractivity contribution in [2.45, 2.75) is 31.0 Å². The average Bonchev–Trinajstić information content (AvgIpc) is 2.86. The summed E-state index contributed by atoms with van der Waals surface area (Å²) in [4.78, 5) is 11.7. The highest BCUT2D eigenvalue weighted by molar-refractivity contribution is 5.93. The van der Waals surface area contributed by atoms with Crippen LogP contribution in [0.1, 0.15) is 30.4 Å². The second kappa shape index (κ2) is 4.19. The molecule has 0 amide bonds. The Balaban J connectivity index is 1.93. The smallest absolute Gasteiger partial charge is 0.384 e. The van der Waals surface area contributed by atoms with Crippen LogP contribution in [0.3, 0.4) is 0 Å². The Morgan fingerprint density at radius 1 is 1.20 bits per heavy atom. The zero-order valence-corrected chi connectivity index (χ0v) is 10.6. The first-order valence-electron chi connectivity index (χ1n) is 6.46. The van der Waals surface area contributed by atoms with Gasteiger partial charge in [-0.15, -0.1) is 0 Å². The summed E-state index contributed by atoms with van der Waals surface area (Å²) >= 11 is 0. The number of ketones is 1. The van der Waals surface area contributed by atoms with E-state index in [9.17, 15) is 23.1 Å². The molecular weight excluding hydrogens is 269 g/mol. The maximum Gasteiger partial charge on any atom is 0.416 e. The standard InChI is InChI=1S/C15H13F3O2/c16-15(17,18)10-3-1-9(2-4-10)11-5-6-12-13(19)7-8-14(11,12)20/h1-5,12,20H,6-8H2/t12-,14-/m1/s1. The molecule has 3 rings (SSSR count). The van der Waals surface area contributed by atoms with Crippen molar-refractivity contribution in [2.75, 3.05) is 0 Å². The number of carbonyl (C=O) groups is 1. The zero-order valence-electron chi connectivity index (χ0n) is 10.6. The molecule has 0 aromatic heterocycles. The summed E-state index contributed by atoms with van der Waals surface area (Å²) < 4.78 is 37.6. The number of alkyl halides is 3. The summed E-state index contributed by atoms with van der Waals surface area (Å²) in [6.07, 6.45) is -1.45. The van der Waals surface area contributed by atoms with Crippen LogP contribution < -0.4 is 0 Å². The molecule has 0 heterocycles. The highest BCUT2D eigenvalue weighted by atomic mass is 19.4. The fraction of sp³-hybridized carbons (Fsp3) is 0.400. The molecule has 106 valence electrons. The van der Waals surface area contributed by atoms with Crippen LogP contribution in [-0.4, -0.2) is 16.5 Å². The first kappa shape index (κ1) is 13.4. The molecule has 1 fully saturated rings. The second-order valence-electron chi connectivity index (χ2n) is 5.37. The Kier molecular flexibility index (Phi) is 2.80. The zero-order chi connectivity index (χ0) is 14.5. The summed E-state index contributed by atoms with van der Waals surface area (Å²) in [5.41, 5.74) is -0.776. The molecule has 0 aliphatic heterocycles. The number of allylic oxidation sites excluding steroid dienone is 1. The largest absolute Gasteiger partial charge is 0.416 e. The van der Waals surface area contributed by atoms with Gasteiger partial charge in [0.15, 0.2) is 0 Å². The number of fused-ring (bicyclic) bond motifs is 1. The second-order valence-corrected chi connectivity index (χ2v) is 5.37. The number of rotatable bonds is 1. The van der Waals surface area contributed by atoms with E-state index < -0.39 is 23.3 Å². The van der Waals surface area contributed by atoms with Crippen molar-refractivity contribution < 1.29 is 23.1 Å². The highest BCUT2D eigenvalue weighted by Gasteiger charge is 2.52. The van der Waals surface area contributed by atoms with Gasteiger partial charge in [-0.3, -0.25) is 4.79 Å². The lowest BCUT2D eigenvalue weighted by Gasteiger charge is -2.26. The average molecular weight is 282 g/mol. The molecular formula is C15H13F3O2. The lowest BCUT2D eigenvalue weighted by molar-refractivity contribution is -0.137. The van der Waals surface area contributed by atoms with Gasteiger partial charge in [-0.25, -0.2) is 0 Å². The van der Waals surface area contributed by atoms with Gasteiger partial charge in [0.1, 0.15) is 11.4 Å². The maximum absolute atomic E-state index is 12.5. The van der Waals surface area contributed by atoms with Crippen LogP contribution in [0.5, 0.6) is 0 Å². The molecule has 0 bridgehead atoms. The van der Waals surface area contributed by atoms with Gasteiger partial charge in [-0.2, -0.15) is 13.2 Å². The minimum atomic E-state index is -4.37. The van der Waals surface area contributed by atoms with Crippen molar-refractivity contribution in [1.29, 1.82) is 0 Å². The van der Waals surface area contributed by atoms with Gasteiger partial charge < -0.3 is 5.11 Å². The van der Waals surface area contributed by atoms with Crippen molar-refractivity contribution in [2.24, 2.45) is 5.92 Å². The lowest BCUT2D eigenvalue weighted by atomic mass is 9.85. The van der Waals surface area contributed by atoms with Crippen LogP contribution >= 0.6 is 0 Å². The minimum absolute atomic E-state index is 0.0330. The van der Waals surface area contributed by atoms with Crippen LogP contribution in [0.15, 0.2) is 30.3 Å². The summed E-state index contributed by atoms with van der Waals surface area (Å²) in [5, 5.41) is 10.6. The van der Waals surface area contributed by atoms with Crippen LogP contribution in [0.4, 0.5) is 13.2 Å². The number of hydrogen-bond donors (Lipinski definition) is 1. The highest BCUT2D eigenvalue weighted by Crippen LogP contribution is 2.49. The molecule has 20 heavy (non-hydrogen) atoms. The lowest BCUT2D eigenvalue weighted by Crippen LogP contribution is -2.32. The number of hydrogen-bond acceptors (Lipinski definition) is 2. The molecule has 0 radical (unpaired) electrons. The van der Waals surface area contributed by atoms with Gasteiger partial charge in [0, 0.05) is 6.42 Å². The summed E-state index contributed by atoms with van der Waals surface area (Å²) in [6, 6.07) is 4.73. The van der Waals surface area contributed by atoms with E-state index in [-0.39, 0.29) is 5.78 Å². The van der Waals surface area contributed by atoms with E-state index in [1.54, 1.807) is 6.08 Å². The van der Waals surface area contributed by atoms with Gasteiger partial charge >= 0.3 is 6.18 Å². The Morgan fingerprint density at radius 2 is 1.85 bits per heavy atom. The third kappa shape index (κ3) is 1.88. The Morgan fingerprint density at radius 3 is 2.45 bits per heavy atom. The predicted molar refractivity (Wildman–Crippen MR) is 66.7 cm³/mol. The number of aliphatic hydroxyl groups is 1. The third-order valence-electron chi connectivity index (χ3n) is 4.26. The fourth-order valence-corrected chi connectivity index (χ4v) is 3.20. The van der Waals surface area contributed by atoms with E-state index in [0.717, 1.165) is 12.1 Å². The quantitative estimate of drug-likeness (QED) is 0.858. The van der Waals surface area contributed by atoms with Crippen molar-refractivity contribution >= 4 is 11.4 Å². The number of benzene rings is 1. The SMILES string of the molecule is O=C1CC[C@@]2(O)C(c3ccc(C(F)(F)F)cc3)=CC[C@H]12. The minimum Gasteiger partial charge on any atom is -0.384 e. The summed E-state index contributed by atoms with van der Waals surface area (Å²) in [7, 11) is 0. The van der Waals surface area contributed by atoms with Crippen molar-refractivity contribution in [3.8, 4) is 0 Å². The fourth-order valence-electron chi connectivity index (χ4n) is 3.20. The molecule has 2 nitrogen and oxygen atoms in total. The Labute approximate surface area is 113 Å². The van der Waals surface area contributed by atoms with Gasteiger partial charge in [-0.1, -0.05) is 18.2 Å². The molecule has 2 aliphatic rings. The molecule has 1 saturated carbocycles. The van der Waals surface area contributed by atoms with E-state index in [1.807, 2.05) is 0 Å². The van der Waals surface area contributed by atoms with Crippen LogP contribution in [0.2, 0.25) is 0 Å². The molecule has 1 aromatic rings. The van der Waals surface area contributed by atoms with Gasteiger partial charge in [-0.05, 0) is 36.1 Å². The molecule has 0 unspecified atom stereocenters. The van der Waals surface area contributed by atoms with E-state index >= 15 is 0 Å². The number of carbonyl (C=O) groups excluding carboxylic acids is 1. The van der Waals surface area contributed by atoms with Crippen molar-refractivity contribution in [1.82, 2.24) is 0 Å². The molecule has 2 atom stereocenters. The van der Waals surface area contributed by atoms with Crippen molar-refractivity contribution in [3.63, 3.8) is 0 Å². The monoisotopic (exact) mass is 282 g/mol. The van der Waals surface area contributed by atoms with E-state index in [0.29, 0.717) is 30.4 Å². The first-order chi connectivity index (χ1) is 9.32. The molecule has 0 spiro atoms. The molecule has 1 N–H and O–H groups in total. The number of halogens is 3.